The van der Waals surface area contributed by atoms with Gasteiger partial charge in [-0.3, -0.25) is 0 Å². The summed E-state index contributed by atoms with van der Waals surface area (Å²) in [4.78, 5) is 18.1. The highest BCUT2D eigenvalue weighted by molar-refractivity contribution is 5.75. The second-order valence-electron chi connectivity index (χ2n) is 11.7. The average molecular weight is 519 g/mol. The number of benzene rings is 2. The third-order valence-electron chi connectivity index (χ3n) is 9.51. The van der Waals surface area contributed by atoms with Gasteiger partial charge in [-0.05, 0) is 67.2 Å². The van der Waals surface area contributed by atoms with E-state index in [1.807, 2.05) is 30.3 Å². The molecule has 2 bridgehead atoms. The summed E-state index contributed by atoms with van der Waals surface area (Å²) < 4.78 is 18.6. The minimum Gasteiger partial charge on any atom is -0.490 e. The van der Waals surface area contributed by atoms with Crippen LogP contribution in [0.5, 0.6) is 11.5 Å². The minimum atomic E-state index is -0.165. The largest absolute Gasteiger partial charge is 0.490 e. The highest BCUT2D eigenvalue weighted by atomic mass is 16.6. The van der Waals surface area contributed by atoms with Crippen LogP contribution < -0.4 is 14.4 Å². The molecule has 204 valence electrons. The Balaban J connectivity index is 1.39. The number of hydrogen-bond donors (Lipinski definition) is 0. The fraction of sp³-hybridized carbons (Fsp3) is 0.594. The molecule has 1 amide bonds. The summed E-state index contributed by atoms with van der Waals surface area (Å²) in [6.07, 6.45) is 9.79. The maximum Gasteiger partial charge on any atom is 0.410 e. The van der Waals surface area contributed by atoms with Crippen LogP contribution in [0.15, 0.2) is 36.4 Å². The number of amides is 1. The molecule has 0 aromatic heterocycles. The number of anilines is 1. The van der Waals surface area contributed by atoms with Crippen molar-refractivity contribution < 1.29 is 19.0 Å². The molecule has 6 heteroatoms. The first-order chi connectivity index (χ1) is 18.6. The Kier molecular flexibility index (Phi) is 7.15. The lowest BCUT2D eigenvalue weighted by Gasteiger charge is -2.53. The van der Waals surface area contributed by atoms with E-state index >= 15 is 0 Å². The summed E-state index contributed by atoms with van der Waals surface area (Å²) in [6.45, 7) is 5.53. The molecular weight excluding hydrogens is 476 g/mol. The number of rotatable bonds is 6. The van der Waals surface area contributed by atoms with Crippen LogP contribution in [0.3, 0.4) is 0 Å². The Morgan fingerprint density at radius 1 is 1.13 bits per heavy atom. The van der Waals surface area contributed by atoms with Crippen LogP contribution in [0.1, 0.15) is 75.0 Å². The molecule has 38 heavy (non-hydrogen) atoms. The monoisotopic (exact) mass is 518 g/mol. The fourth-order valence-corrected chi connectivity index (χ4v) is 7.73. The van der Waals surface area contributed by atoms with Crippen molar-refractivity contribution in [2.45, 2.75) is 82.8 Å². The zero-order valence-electron chi connectivity index (χ0n) is 23.0. The van der Waals surface area contributed by atoms with Gasteiger partial charge in [0.15, 0.2) is 11.5 Å². The Hall–Kier alpha value is -2.89. The molecule has 4 aliphatic rings. The van der Waals surface area contributed by atoms with Gasteiger partial charge in [-0.1, -0.05) is 56.5 Å². The van der Waals surface area contributed by atoms with Crippen LogP contribution in [-0.4, -0.2) is 50.4 Å². The normalized spacial score (nSPS) is 25.8. The van der Waals surface area contributed by atoms with Gasteiger partial charge in [0.25, 0.3) is 0 Å². The number of carbonyl (C=O) groups excluding carboxylic acids is 1. The molecule has 1 saturated carbocycles. The minimum absolute atomic E-state index is 0.0845. The van der Waals surface area contributed by atoms with Gasteiger partial charge < -0.3 is 24.0 Å². The molecule has 2 heterocycles. The van der Waals surface area contributed by atoms with Crippen LogP contribution in [-0.2, 0) is 23.2 Å². The molecule has 1 saturated heterocycles. The number of carbonyl (C=O) groups is 1. The molecule has 0 radical (unpaired) electrons. The number of nitrogens with zero attached hydrogens (tertiary/aromatic N) is 2. The van der Waals surface area contributed by atoms with E-state index in [0.29, 0.717) is 19.1 Å². The van der Waals surface area contributed by atoms with Crippen molar-refractivity contribution in [3.63, 3.8) is 0 Å². The van der Waals surface area contributed by atoms with Crippen molar-refractivity contribution in [2.75, 3.05) is 38.3 Å². The van der Waals surface area contributed by atoms with Crippen molar-refractivity contribution in [1.82, 2.24) is 4.90 Å². The van der Waals surface area contributed by atoms with E-state index in [1.165, 1.54) is 42.5 Å². The fourth-order valence-electron chi connectivity index (χ4n) is 7.73. The van der Waals surface area contributed by atoms with Gasteiger partial charge in [0.1, 0.15) is 13.2 Å². The lowest BCUT2D eigenvalue weighted by Crippen LogP contribution is -2.55. The van der Waals surface area contributed by atoms with Crippen molar-refractivity contribution >= 4 is 11.8 Å². The summed E-state index contributed by atoms with van der Waals surface area (Å²) in [6, 6.07) is 12.5. The summed E-state index contributed by atoms with van der Waals surface area (Å²) in [7, 11) is 2.18. The number of likely N-dealkylation sites (tertiary alicyclic amines) is 1. The van der Waals surface area contributed by atoms with E-state index in [4.69, 9.17) is 14.2 Å². The Labute approximate surface area is 227 Å². The predicted octanol–water partition coefficient (Wildman–Crippen LogP) is 6.48. The molecule has 6 rings (SSSR count). The van der Waals surface area contributed by atoms with Crippen LogP contribution >= 0.6 is 0 Å². The number of fused-ring (bicyclic) bond motifs is 3. The highest BCUT2D eigenvalue weighted by Gasteiger charge is 2.54. The predicted molar refractivity (Wildman–Crippen MR) is 149 cm³/mol. The number of ether oxygens (including phenoxy) is 3. The average Bonchev–Trinajstić information content (AvgIpc) is 3.07. The number of hydrogen-bond acceptors (Lipinski definition) is 5. The first kappa shape index (κ1) is 25.4. The Morgan fingerprint density at radius 2 is 1.97 bits per heavy atom. The summed E-state index contributed by atoms with van der Waals surface area (Å²) >= 11 is 0. The SMILES string of the molecule is CCCCOc1cc2c(c3c1OCCN3C)C[C@H]1C3CCCC[C@@]23CCCN1C(=O)OCc1ccccc1. The third kappa shape index (κ3) is 4.40. The molecule has 3 atom stereocenters. The lowest BCUT2D eigenvalue weighted by atomic mass is 9.54. The number of unbranched alkanes of at least 4 members (excludes halogenated alkanes) is 1. The van der Waals surface area contributed by atoms with Crippen LogP contribution in [0.4, 0.5) is 10.5 Å². The summed E-state index contributed by atoms with van der Waals surface area (Å²) in [5.41, 5.74) is 5.14. The van der Waals surface area contributed by atoms with Gasteiger partial charge in [-0.25, -0.2) is 4.79 Å². The highest BCUT2D eigenvalue weighted by Crippen LogP contribution is 2.59. The van der Waals surface area contributed by atoms with Gasteiger partial charge in [0.2, 0.25) is 0 Å². The van der Waals surface area contributed by atoms with Crippen molar-refractivity contribution in [3.05, 3.63) is 53.1 Å². The van der Waals surface area contributed by atoms with Crippen LogP contribution in [0.25, 0.3) is 0 Å². The molecule has 2 aliphatic carbocycles. The second kappa shape index (κ2) is 10.7. The number of likely N-dealkylation sites (N-methyl/N-ethyl adjacent to an activating group) is 1. The van der Waals surface area contributed by atoms with Crippen LogP contribution in [0.2, 0.25) is 0 Å². The molecule has 0 spiro atoms. The molecule has 2 fully saturated rings. The molecule has 2 aromatic carbocycles. The molecule has 6 nitrogen and oxygen atoms in total. The Bertz CT molecular complexity index is 1150. The molecule has 2 aliphatic heterocycles. The van der Waals surface area contributed by atoms with E-state index in [0.717, 1.165) is 68.9 Å². The molecular formula is C32H42N2O4. The topological polar surface area (TPSA) is 51.2 Å². The van der Waals surface area contributed by atoms with E-state index in [1.54, 1.807) is 0 Å². The quantitative estimate of drug-likeness (QED) is 0.410. The molecule has 2 aromatic rings. The zero-order valence-corrected chi connectivity index (χ0v) is 23.0. The first-order valence-electron chi connectivity index (χ1n) is 14.8. The van der Waals surface area contributed by atoms with Gasteiger partial charge in [0.05, 0.1) is 18.8 Å². The van der Waals surface area contributed by atoms with E-state index in [-0.39, 0.29) is 17.6 Å². The smallest absolute Gasteiger partial charge is 0.410 e. The van der Waals surface area contributed by atoms with Crippen molar-refractivity contribution in [1.29, 1.82) is 0 Å². The van der Waals surface area contributed by atoms with Gasteiger partial charge >= 0.3 is 6.09 Å². The van der Waals surface area contributed by atoms with Crippen molar-refractivity contribution in [3.8, 4) is 11.5 Å². The standard InChI is InChI=1S/C32H42N2O4/c1-3-4-18-36-28-21-26-24(29-30(28)37-19-17-33(29)2)20-27-25-13-8-9-14-32(25,26)15-10-16-34(27)31(35)38-22-23-11-6-5-7-12-23/h5-7,11-12,21,25,27H,3-4,8-10,13-20,22H2,1-2H3/t25?,27-,32-/m0/s1. The zero-order chi connectivity index (χ0) is 26.1. The summed E-state index contributed by atoms with van der Waals surface area (Å²) in [5.74, 6) is 2.26. The maximum absolute atomic E-state index is 13.6. The van der Waals surface area contributed by atoms with E-state index in [9.17, 15) is 4.79 Å². The molecule has 1 unspecified atom stereocenters. The molecule has 0 N–H and O–H groups in total. The Morgan fingerprint density at radius 3 is 2.82 bits per heavy atom. The first-order valence-corrected chi connectivity index (χ1v) is 14.8. The third-order valence-corrected chi connectivity index (χ3v) is 9.51. The van der Waals surface area contributed by atoms with Crippen LogP contribution in [0, 0.1) is 5.92 Å². The van der Waals surface area contributed by atoms with E-state index in [2.05, 4.69) is 29.8 Å². The van der Waals surface area contributed by atoms with Gasteiger partial charge in [0, 0.05) is 25.0 Å². The second-order valence-corrected chi connectivity index (χ2v) is 11.7. The van der Waals surface area contributed by atoms with E-state index < -0.39 is 0 Å². The maximum atomic E-state index is 13.6. The van der Waals surface area contributed by atoms with Gasteiger partial charge in [-0.2, -0.15) is 0 Å². The summed E-state index contributed by atoms with van der Waals surface area (Å²) in [5, 5.41) is 0. The van der Waals surface area contributed by atoms with Gasteiger partial charge in [-0.15, -0.1) is 0 Å². The lowest BCUT2D eigenvalue weighted by molar-refractivity contribution is 0.0441. The van der Waals surface area contributed by atoms with Crippen molar-refractivity contribution in [2.24, 2.45) is 5.92 Å².